The van der Waals surface area contributed by atoms with Crippen LogP contribution in [-0.2, 0) is 10.8 Å². The second kappa shape index (κ2) is 14.9. The third kappa shape index (κ3) is 17.1. The molecule has 190 valence electrons. The monoisotopic (exact) mass is 458 g/mol. The summed E-state index contributed by atoms with van der Waals surface area (Å²) >= 11 is 0. The Kier molecular flexibility index (Phi) is 16.1. The van der Waals surface area contributed by atoms with E-state index in [1.54, 1.807) is 6.92 Å². The number of benzene rings is 2. The molecule has 2 rings (SSSR count). The maximum atomic E-state index is 11.0. The molecule has 2 nitrogen and oxygen atoms in total. The minimum Gasteiger partial charge on any atom is -0.494 e. The highest BCUT2D eigenvalue weighted by atomic mass is 16.5. The molecule has 2 heteroatoms. The largest absolute Gasteiger partial charge is 0.494 e. The van der Waals surface area contributed by atoms with E-state index < -0.39 is 0 Å². The number of ether oxygens (including phenoxy) is 1. The molecule has 0 saturated carbocycles. The maximum Gasteiger partial charge on any atom is 0.159 e. The van der Waals surface area contributed by atoms with Crippen LogP contribution in [0.2, 0.25) is 0 Å². The first kappa shape index (κ1) is 35.5. The second-order valence-corrected chi connectivity index (χ2v) is 11.6. The number of rotatable bonds is 3. The maximum absolute atomic E-state index is 11.0. The lowest BCUT2D eigenvalue weighted by molar-refractivity contribution is 0.101. The fourth-order valence-electron chi connectivity index (χ4n) is 2.42. The standard InChI is InChI=1S/C12H16O.C12H18O.C5H12.2CH4/c1-9(13)10-5-7-11(8-6-10)12(2,3)4;1-5-13-11-8-6-10(7-9-11)12(2,3)4;1-5(2,3)4;;/h5-8H,1-4H3;6-9H,5H2,1-4H3;1-4H3;2*1H4. The van der Waals surface area contributed by atoms with Gasteiger partial charge in [-0.15, -0.1) is 0 Å². The molecule has 0 fully saturated rings. The Morgan fingerprint density at radius 3 is 1.21 bits per heavy atom. The smallest absolute Gasteiger partial charge is 0.159 e. The summed E-state index contributed by atoms with van der Waals surface area (Å²) in [5.74, 6) is 1.08. The van der Waals surface area contributed by atoms with Gasteiger partial charge in [0.2, 0.25) is 0 Å². The molecule has 0 amide bonds. The third-order valence-electron chi connectivity index (χ3n) is 4.19. The van der Waals surface area contributed by atoms with Gasteiger partial charge < -0.3 is 4.74 Å². The lowest BCUT2D eigenvalue weighted by Crippen LogP contribution is -2.10. The topological polar surface area (TPSA) is 26.3 Å². The van der Waals surface area contributed by atoms with Crippen molar-refractivity contribution in [2.24, 2.45) is 5.41 Å². The molecule has 0 bridgehead atoms. The van der Waals surface area contributed by atoms with E-state index in [2.05, 4.69) is 81.4 Å². The SMILES string of the molecule is C.C.CC(=O)c1ccc(C(C)(C)C)cc1.CC(C)(C)C.CCOc1ccc(C(C)(C)C)cc1. The zero-order valence-electron chi connectivity index (χ0n) is 22.1. The average molecular weight is 459 g/mol. The highest BCUT2D eigenvalue weighted by Gasteiger charge is 2.13. The zero-order chi connectivity index (χ0) is 24.5. The number of carbonyl (C=O) groups excluding carboxylic acids is 1. The van der Waals surface area contributed by atoms with E-state index in [1.807, 2.05) is 43.3 Å². The predicted molar refractivity (Wildman–Crippen MR) is 150 cm³/mol. The van der Waals surface area contributed by atoms with Crippen molar-refractivity contribution in [3.8, 4) is 5.75 Å². The van der Waals surface area contributed by atoms with Gasteiger partial charge in [0.25, 0.3) is 0 Å². The Morgan fingerprint density at radius 2 is 0.970 bits per heavy atom. The Labute approximate surface area is 207 Å². The van der Waals surface area contributed by atoms with Crippen LogP contribution in [0.15, 0.2) is 48.5 Å². The molecule has 0 unspecified atom stereocenters. The molecule has 0 aliphatic heterocycles. The van der Waals surface area contributed by atoms with Crippen molar-refractivity contribution in [1.82, 2.24) is 0 Å². The average Bonchev–Trinajstić information content (AvgIpc) is 2.60. The summed E-state index contributed by atoms with van der Waals surface area (Å²) in [6.45, 7) is 26.2. The summed E-state index contributed by atoms with van der Waals surface area (Å²) in [6, 6.07) is 16.2. The van der Waals surface area contributed by atoms with E-state index in [0.29, 0.717) is 5.41 Å². The number of carbonyl (C=O) groups is 1. The Hall–Kier alpha value is -2.09. The summed E-state index contributed by atoms with van der Waals surface area (Å²) in [5, 5.41) is 0. The predicted octanol–water partition coefficient (Wildman–Crippen LogP) is 9.89. The van der Waals surface area contributed by atoms with Crippen LogP contribution in [0.5, 0.6) is 5.75 Å². The first-order valence-electron chi connectivity index (χ1n) is 11.3. The molecule has 2 aromatic carbocycles. The fraction of sp³-hybridized carbons (Fsp3) is 0.581. The van der Waals surface area contributed by atoms with Crippen molar-refractivity contribution in [2.45, 2.75) is 109 Å². The van der Waals surface area contributed by atoms with Crippen LogP contribution in [0, 0.1) is 5.41 Å². The molecule has 0 heterocycles. The molecule has 0 radical (unpaired) electrons. The molecule has 33 heavy (non-hydrogen) atoms. The summed E-state index contributed by atoms with van der Waals surface area (Å²) in [4.78, 5) is 11.0. The van der Waals surface area contributed by atoms with Crippen molar-refractivity contribution in [3.63, 3.8) is 0 Å². The van der Waals surface area contributed by atoms with Crippen molar-refractivity contribution in [3.05, 3.63) is 65.2 Å². The highest BCUT2D eigenvalue weighted by Crippen LogP contribution is 2.24. The zero-order valence-corrected chi connectivity index (χ0v) is 22.1. The van der Waals surface area contributed by atoms with Crippen LogP contribution in [0.3, 0.4) is 0 Å². The van der Waals surface area contributed by atoms with Crippen molar-refractivity contribution in [2.75, 3.05) is 6.61 Å². The van der Waals surface area contributed by atoms with Gasteiger partial charge in [-0.3, -0.25) is 4.79 Å². The summed E-state index contributed by atoms with van der Waals surface area (Å²) < 4.78 is 5.37. The van der Waals surface area contributed by atoms with E-state index in [4.69, 9.17) is 4.74 Å². The quantitative estimate of drug-likeness (QED) is 0.428. The number of hydrogen-bond donors (Lipinski definition) is 0. The molecule has 0 aromatic heterocycles. The van der Waals surface area contributed by atoms with Crippen LogP contribution in [-0.4, -0.2) is 12.4 Å². The van der Waals surface area contributed by atoms with E-state index in [9.17, 15) is 4.79 Å². The molecule has 0 saturated heterocycles. The molecule has 2 aromatic rings. The highest BCUT2D eigenvalue weighted by molar-refractivity contribution is 5.94. The first-order valence-corrected chi connectivity index (χ1v) is 11.3. The van der Waals surface area contributed by atoms with Crippen molar-refractivity contribution >= 4 is 5.78 Å². The number of Topliss-reactive ketones (excluding diaryl/α,β-unsaturated/α-hetero) is 1. The minimum absolute atomic E-state index is 0. The van der Waals surface area contributed by atoms with E-state index in [-0.39, 0.29) is 31.5 Å². The summed E-state index contributed by atoms with van der Waals surface area (Å²) in [5.41, 5.74) is 4.28. The van der Waals surface area contributed by atoms with Gasteiger partial charge in [-0.05, 0) is 53.4 Å². The normalized spacial score (nSPS) is 10.8. The van der Waals surface area contributed by atoms with E-state index in [1.165, 1.54) is 11.1 Å². The van der Waals surface area contributed by atoms with Crippen LogP contribution in [0.4, 0.5) is 0 Å². The van der Waals surface area contributed by atoms with Gasteiger partial charge in [0, 0.05) is 5.56 Å². The molecule has 0 N–H and O–H groups in total. The Bertz CT molecular complexity index is 756. The van der Waals surface area contributed by atoms with Gasteiger partial charge in [0.1, 0.15) is 5.75 Å². The minimum atomic E-state index is 0. The number of hydrogen-bond acceptors (Lipinski definition) is 2. The summed E-state index contributed by atoms with van der Waals surface area (Å²) in [7, 11) is 0. The molecule has 0 atom stereocenters. The van der Waals surface area contributed by atoms with Gasteiger partial charge in [-0.2, -0.15) is 0 Å². The second-order valence-electron chi connectivity index (χ2n) is 11.6. The summed E-state index contributed by atoms with van der Waals surface area (Å²) in [6.07, 6.45) is 0. The van der Waals surface area contributed by atoms with Gasteiger partial charge in [0.05, 0.1) is 6.61 Å². The van der Waals surface area contributed by atoms with Crippen LogP contribution >= 0.6 is 0 Å². The lowest BCUT2D eigenvalue weighted by Gasteiger charge is -2.19. The van der Waals surface area contributed by atoms with Gasteiger partial charge >= 0.3 is 0 Å². The van der Waals surface area contributed by atoms with E-state index in [0.717, 1.165) is 17.9 Å². The van der Waals surface area contributed by atoms with Gasteiger partial charge in [0.15, 0.2) is 5.78 Å². The molecule has 0 aliphatic rings. The van der Waals surface area contributed by atoms with Crippen LogP contribution in [0.25, 0.3) is 0 Å². The van der Waals surface area contributed by atoms with E-state index >= 15 is 0 Å². The number of ketones is 1. The van der Waals surface area contributed by atoms with Gasteiger partial charge in [-0.25, -0.2) is 0 Å². The van der Waals surface area contributed by atoms with Gasteiger partial charge in [-0.1, -0.05) is 120 Å². The van der Waals surface area contributed by atoms with Crippen molar-refractivity contribution < 1.29 is 9.53 Å². The molecular weight excluding hydrogens is 404 g/mol. The lowest BCUT2D eigenvalue weighted by atomic mass is 9.86. The molecular formula is C31H54O2. The third-order valence-corrected chi connectivity index (χ3v) is 4.19. The Morgan fingerprint density at radius 1 is 0.667 bits per heavy atom. The van der Waals surface area contributed by atoms with Crippen LogP contribution < -0.4 is 4.74 Å². The van der Waals surface area contributed by atoms with Crippen LogP contribution in [0.1, 0.15) is 119 Å². The fourth-order valence-corrected chi connectivity index (χ4v) is 2.42. The molecule has 0 spiro atoms. The Balaban J connectivity index is -0.000000433. The van der Waals surface area contributed by atoms with Crippen molar-refractivity contribution in [1.29, 1.82) is 0 Å². The first-order chi connectivity index (χ1) is 13.9. The molecule has 0 aliphatic carbocycles.